The van der Waals surface area contributed by atoms with E-state index in [4.69, 9.17) is 10.1 Å². The molecule has 2 fully saturated rings. The first kappa shape index (κ1) is 20.9. The molecule has 0 aliphatic carbocycles. The highest BCUT2D eigenvalue weighted by Gasteiger charge is 2.32. The highest BCUT2D eigenvalue weighted by molar-refractivity contribution is 9.10. The Labute approximate surface area is 195 Å². The first-order valence-electron chi connectivity index (χ1n) is 11.0. The zero-order valence-electron chi connectivity index (χ0n) is 17.9. The molecule has 0 aromatic carbocycles. The van der Waals surface area contributed by atoms with Gasteiger partial charge in [0.05, 0.1) is 23.7 Å². The zero-order chi connectivity index (χ0) is 22.2. The lowest BCUT2D eigenvalue weighted by atomic mass is 9.99. The van der Waals surface area contributed by atoms with E-state index < -0.39 is 0 Å². The van der Waals surface area contributed by atoms with Crippen LogP contribution in [0.4, 0.5) is 5.82 Å². The Morgan fingerprint density at radius 3 is 2.94 bits per heavy atom. The molecule has 1 amide bonds. The Morgan fingerprint density at radius 2 is 2.16 bits per heavy atom. The van der Waals surface area contributed by atoms with Crippen LogP contribution in [0.1, 0.15) is 53.5 Å². The predicted molar refractivity (Wildman–Crippen MR) is 123 cm³/mol. The van der Waals surface area contributed by atoms with E-state index in [0.717, 1.165) is 55.0 Å². The molecule has 3 aromatic rings. The minimum absolute atomic E-state index is 0.0561. The minimum atomic E-state index is -0.106. The number of hydrogen-bond acceptors (Lipinski definition) is 6. The van der Waals surface area contributed by atoms with E-state index in [-0.39, 0.29) is 17.9 Å². The van der Waals surface area contributed by atoms with Crippen molar-refractivity contribution in [3.05, 3.63) is 52.0 Å². The van der Waals surface area contributed by atoms with E-state index in [1.165, 1.54) is 0 Å². The van der Waals surface area contributed by atoms with Gasteiger partial charge in [0.1, 0.15) is 11.5 Å². The van der Waals surface area contributed by atoms with Crippen LogP contribution in [0.15, 0.2) is 35.1 Å². The van der Waals surface area contributed by atoms with Gasteiger partial charge in [-0.15, -0.1) is 0 Å². The second-order valence-corrected chi connectivity index (χ2v) is 9.38. The van der Waals surface area contributed by atoms with Gasteiger partial charge in [0.25, 0.3) is 5.91 Å². The number of aryl methyl sites for hydroxylation is 1. The Balaban J connectivity index is 1.47. The van der Waals surface area contributed by atoms with Crippen molar-refractivity contribution in [2.75, 3.05) is 24.5 Å². The second-order valence-electron chi connectivity index (χ2n) is 8.52. The largest absolute Gasteiger partial charge is 0.355 e. The number of pyridine rings is 1. The quantitative estimate of drug-likeness (QED) is 0.549. The van der Waals surface area contributed by atoms with Crippen LogP contribution in [0, 0.1) is 24.2 Å². The van der Waals surface area contributed by atoms with E-state index in [0.29, 0.717) is 23.3 Å². The summed E-state index contributed by atoms with van der Waals surface area (Å²) in [6, 6.07) is 7.90. The van der Waals surface area contributed by atoms with Crippen molar-refractivity contribution in [2.45, 2.75) is 38.6 Å². The fraction of sp³-hybridized carbons (Fsp3) is 0.435. The number of amides is 1. The standard InChI is InChI=1S/C23H24BrN7O/c1-15-13-31-20(27-22(15)29-10-7-16(12-25)14-29)11-18(28-31)19-6-2-3-9-30(19)23(32)21-17(24)5-4-8-26-21/h4-5,8,11,13,16,19H,2-3,6-7,9-10,14H2,1H3/t16?,19-/m0/s1. The van der Waals surface area contributed by atoms with Crippen LogP contribution in [0.3, 0.4) is 0 Å². The molecule has 5 heterocycles. The molecule has 2 aliphatic heterocycles. The molecule has 0 radical (unpaired) electrons. The maximum atomic E-state index is 13.3. The number of nitrogens with zero attached hydrogens (tertiary/aromatic N) is 7. The number of carbonyl (C=O) groups is 1. The third-order valence-corrected chi connectivity index (χ3v) is 7.00. The van der Waals surface area contributed by atoms with Crippen molar-refractivity contribution in [2.24, 2.45) is 5.92 Å². The highest BCUT2D eigenvalue weighted by Crippen LogP contribution is 2.33. The molecule has 0 N–H and O–H groups in total. The van der Waals surface area contributed by atoms with Gasteiger partial charge in [-0.2, -0.15) is 10.4 Å². The molecule has 1 unspecified atom stereocenters. The summed E-state index contributed by atoms with van der Waals surface area (Å²) in [6.45, 7) is 4.26. The molecule has 0 spiro atoms. The first-order chi connectivity index (χ1) is 15.5. The van der Waals surface area contributed by atoms with Gasteiger partial charge < -0.3 is 9.80 Å². The number of fused-ring (bicyclic) bond motifs is 1. The van der Waals surface area contributed by atoms with Crippen LogP contribution in [0.2, 0.25) is 0 Å². The maximum Gasteiger partial charge on any atom is 0.274 e. The lowest BCUT2D eigenvalue weighted by Crippen LogP contribution is -2.39. The van der Waals surface area contributed by atoms with Crippen LogP contribution < -0.4 is 4.90 Å². The van der Waals surface area contributed by atoms with E-state index in [9.17, 15) is 10.1 Å². The van der Waals surface area contributed by atoms with E-state index in [2.05, 4.69) is 31.9 Å². The summed E-state index contributed by atoms with van der Waals surface area (Å²) in [4.78, 5) is 26.6. The Morgan fingerprint density at radius 1 is 1.28 bits per heavy atom. The number of aromatic nitrogens is 4. The van der Waals surface area contributed by atoms with E-state index >= 15 is 0 Å². The number of anilines is 1. The highest BCUT2D eigenvalue weighted by atomic mass is 79.9. The van der Waals surface area contributed by atoms with Crippen LogP contribution in [0.5, 0.6) is 0 Å². The van der Waals surface area contributed by atoms with Crippen molar-refractivity contribution >= 4 is 33.3 Å². The fourth-order valence-corrected chi connectivity index (χ4v) is 5.15. The van der Waals surface area contributed by atoms with Gasteiger partial charge in [0, 0.05) is 48.1 Å². The molecule has 2 saturated heterocycles. The van der Waals surface area contributed by atoms with Gasteiger partial charge in [-0.05, 0) is 60.7 Å². The molecule has 32 heavy (non-hydrogen) atoms. The third-order valence-electron chi connectivity index (χ3n) is 6.36. The summed E-state index contributed by atoms with van der Waals surface area (Å²) in [6.07, 6.45) is 7.39. The smallest absolute Gasteiger partial charge is 0.274 e. The van der Waals surface area contributed by atoms with E-state index in [1.54, 1.807) is 16.8 Å². The molecular formula is C23H24BrN7O. The number of hydrogen-bond donors (Lipinski definition) is 0. The number of likely N-dealkylation sites (tertiary alicyclic amines) is 1. The summed E-state index contributed by atoms with van der Waals surface area (Å²) in [5, 5.41) is 14.0. The molecule has 9 heteroatoms. The molecule has 3 aromatic heterocycles. The number of halogens is 1. The monoisotopic (exact) mass is 493 g/mol. The van der Waals surface area contributed by atoms with Crippen molar-refractivity contribution in [1.29, 1.82) is 5.26 Å². The predicted octanol–water partition coefficient (Wildman–Crippen LogP) is 3.91. The Bertz CT molecular complexity index is 1220. The fourth-order valence-electron chi connectivity index (χ4n) is 4.72. The SMILES string of the molecule is Cc1cn2nc([C@@H]3CCCCN3C(=O)c3ncccc3Br)cc2nc1N1CCC(C#N)C1. The summed E-state index contributed by atoms with van der Waals surface area (Å²) in [5.74, 6) is 0.889. The summed E-state index contributed by atoms with van der Waals surface area (Å²) in [5.41, 5.74) is 3.07. The van der Waals surface area contributed by atoms with Crippen LogP contribution in [-0.2, 0) is 0 Å². The number of rotatable bonds is 3. The van der Waals surface area contributed by atoms with Gasteiger partial charge in [-0.3, -0.25) is 4.79 Å². The van der Waals surface area contributed by atoms with Gasteiger partial charge in [-0.25, -0.2) is 14.5 Å². The molecule has 2 aliphatic rings. The first-order valence-corrected chi connectivity index (χ1v) is 11.8. The lowest BCUT2D eigenvalue weighted by Gasteiger charge is -2.34. The van der Waals surface area contributed by atoms with Crippen molar-refractivity contribution in [3.8, 4) is 6.07 Å². The summed E-state index contributed by atoms with van der Waals surface area (Å²) in [7, 11) is 0. The van der Waals surface area contributed by atoms with E-state index in [1.807, 2.05) is 30.2 Å². The molecule has 8 nitrogen and oxygen atoms in total. The average molecular weight is 494 g/mol. The summed E-state index contributed by atoms with van der Waals surface area (Å²) >= 11 is 3.46. The Hall–Kier alpha value is -2.99. The molecule has 0 bridgehead atoms. The normalized spacial score (nSPS) is 21.2. The second kappa shape index (κ2) is 8.51. The molecular weight excluding hydrogens is 470 g/mol. The van der Waals surface area contributed by atoms with Gasteiger partial charge in [-0.1, -0.05) is 0 Å². The number of carbonyl (C=O) groups excluding carboxylic acids is 1. The topological polar surface area (TPSA) is 90.4 Å². The third kappa shape index (κ3) is 3.73. The van der Waals surface area contributed by atoms with Crippen molar-refractivity contribution in [1.82, 2.24) is 24.5 Å². The van der Waals surface area contributed by atoms with Gasteiger partial charge in [0.2, 0.25) is 0 Å². The van der Waals surface area contributed by atoms with Crippen LogP contribution >= 0.6 is 15.9 Å². The van der Waals surface area contributed by atoms with Gasteiger partial charge >= 0.3 is 0 Å². The van der Waals surface area contributed by atoms with Crippen molar-refractivity contribution < 1.29 is 4.79 Å². The number of piperidine rings is 1. The minimum Gasteiger partial charge on any atom is -0.355 e. The maximum absolute atomic E-state index is 13.3. The van der Waals surface area contributed by atoms with Gasteiger partial charge in [0.15, 0.2) is 5.65 Å². The molecule has 0 saturated carbocycles. The average Bonchev–Trinajstić information content (AvgIpc) is 3.45. The Kier molecular flexibility index (Phi) is 5.55. The van der Waals surface area contributed by atoms with Crippen LogP contribution in [0.25, 0.3) is 5.65 Å². The molecule has 5 rings (SSSR count). The van der Waals surface area contributed by atoms with Crippen LogP contribution in [-0.4, -0.2) is 50.0 Å². The molecule has 2 atom stereocenters. The summed E-state index contributed by atoms with van der Waals surface area (Å²) < 4.78 is 2.51. The van der Waals surface area contributed by atoms with Crippen molar-refractivity contribution in [3.63, 3.8) is 0 Å². The number of nitriles is 1. The lowest BCUT2D eigenvalue weighted by molar-refractivity contribution is 0.0598. The zero-order valence-corrected chi connectivity index (χ0v) is 19.5. The molecule has 164 valence electrons.